The number of nitrogens with zero attached hydrogens (tertiary/aromatic N) is 2. The number of hydrazone groups is 1. The number of phenols is 1. The molecule has 2 aromatic carbocycles. The average Bonchev–Trinajstić information content (AvgIpc) is 2.63. The molecule has 11 heteroatoms. The molecule has 29 heavy (non-hydrogen) atoms. The van der Waals surface area contributed by atoms with Crippen molar-refractivity contribution >= 4 is 17.8 Å². The summed E-state index contributed by atoms with van der Waals surface area (Å²) in [5, 5.41) is 24.3. The van der Waals surface area contributed by atoms with Crippen molar-refractivity contribution in [2.24, 2.45) is 5.10 Å². The maximum Gasteiger partial charge on any atom is 0.416 e. The van der Waals surface area contributed by atoms with Gasteiger partial charge in [-0.3, -0.25) is 14.9 Å². The zero-order valence-corrected chi connectivity index (χ0v) is 15.1. The lowest BCUT2D eigenvalue weighted by molar-refractivity contribution is -0.385. The number of nitro groups is 1. The highest BCUT2D eigenvalue weighted by atomic mass is 19.4. The molecule has 0 bridgehead atoms. The van der Waals surface area contributed by atoms with Gasteiger partial charge in [-0.1, -0.05) is 6.07 Å². The molecular weight excluding hydrogens is 395 g/mol. The lowest BCUT2D eigenvalue weighted by atomic mass is 10.1. The number of nitro benzene ring substituents is 1. The van der Waals surface area contributed by atoms with E-state index in [0.29, 0.717) is 24.3 Å². The summed E-state index contributed by atoms with van der Waals surface area (Å²) in [6, 6.07) is 6.31. The predicted molar refractivity (Wildman–Crippen MR) is 96.8 cm³/mol. The van der Waals surface area contributed by atoms with Gasteiger partial charge in [-0.05, 0) is 36.8 Å². The lowest BCUT2D eigenvalue weighted by Crippen LogP contribution is -2.20. The van der Waals surface area contributed by atoms with Crippen LogP contribution in [0, 0.1) is 10.1 Å². The molecule has 2 rings (SSSR count). The Morgan fingerprint density at radius 2 is 2.03 bits per heavy atom. The fraction of sp³-hybridized carbons (Fsp3) is 0.222. The minimum absolute atomic E-state index is 0.0670. The molecule has 0 atom stereocenters. The van der Waals surface area contributed by atoms with Gasteiger partial charge in [0.1, 0.15) is 0 Å². The fourth-order valence-electron chi connectivity index (χ4n) is 2.33. The SMILES string of the molecule is CCOc1cc(/C=N\NC(=O)Cc2ccc(C(F)(F)F)cc2[N+](=O)[O-])ccc1O. The Morgan fingerprint density at radius 3 is 2.66 bits per heavy atom. The molecule has 0 heterocycles. The number of carbonyl (C=O) groups is 1. The number of hydrogen-bond donors (Lipinski definition) is 2. The number of halogens is 3. The van der Waals surface area contributed by atoms with E-state index in [-0.39, 0.29) is 17.1 Å². The topological polar surface area (TPSA) is 114 Å². The number of alkyl halides is 3. The van der Waals surface area contributed by atoms with Gasteiger partial charge in [0.05, 0.1) is 29.7 Å². The van der Waals surface area contributed by atoms with Gasteiger partial charge in [-0.15, -0.1) is 0 Å². The Labute approximate surface area is 162 Å². The van der Waals surface area contributed by atoms with Crippen LogP contribution in [0.5, 0.6) is 11.5 Å². The highest BCUT2D eigenvalue weighted by Crippen LogP contribution is 2.33. The summed E-state index contributed by atoms with van der Waals surface area (Å²) >= 11 is 0. The summed E-state index contributed by atoms with van der Waals surface area (Å²) in [5.41, 5.74) is 0.467. The number of hydrogen-bond acceptors (Lipinski definition) is 6. The van der Waals surface area contributed by atoms with Crippen molar-refractivity contribution in [1.29, 1.82) is 0 Å². The van der Waals surface area contributed by atoms with E-state index < -0.39 is 34.7 Å². The highest BCUT2D eigenvalue weighted by Gasteiger charge is 2.33. The van der Waals surface area contributed by atoms with E-state index in [0.717, 1.165) is 6.07 Å². The maximum absolute atomic E-state index is 12.7. The molecule has 0 aliphatic carbocycles. The van der Waals surface area contributed by atoms with Crippen molar-refractivity contribution in [3.63, 3.8) is 0 Å². The van der Waals surface area contributed by atoms with Gasteiger partial charge < -0.3 is 9.84 Å². The third-order valence-corrected chi connectivity index (χ3v) is 3.65. The Morgan fingerprint density at radius 1 is 1.31 bits per heavy atom. The van der Waals surface area contributed by atoms with E-state index in [1.165, 1.54) is 24.4 Å². The zero-order valence-electron chi connectivity index (χ0n) is 15.1. The van der Waals surface area contributed by atoms with Crippen molar-refractivity contribution in [3.05, 3.63) is 63.2 Å². The first-order valence-electron chi connectivity index (χ1n) is 8.24. The number of carbonyl (C=O) groups excluding carboxylic acids is 1. The summed E-state index contributed by atoms with van der Waals surface area (Å²) in [5.74, 6) is -0.598. The van der Waals surface area contributed by atoms with Gasteiger partial charge in [-0.2, -0.15) is 18.3 Å². The van der Waals surface area contributed by atoms with Gasteiger partial charge in [0.2, 0.25) is 5.91 Å². The fourth-order valence-corrected chi connectivity index (χ4v) is 2.33. The zero-order chi connectivity index (χ0) is 21.6. The molecule has 2 aromatic rings. The Hall–Kier alpha value is -3.63. The molecule has 8 nitrogen and oxygen atoms in total. The lowest BCUT2D eigenvalue weighted by Gasteiger charge is -2.08. The minimum atomic E-state index is -4.74. The third-order valence-electron chi connectivity index (χ3n) is 3.65. The number of amides is 1. The molecule has 0 aliphatic rings. The molecule has 0 spiro atoms. The molecule has 154 valence electrons. The third kappa shape index (κ3) is 5.92. The quantitative estimate of drug-likeness (QED) is 0.412. The van der Waals surface area contributed by atoms with Gasteiger partial charge >= 0.3 is 6.18 Å². The van der Waals surface area contributed by atoms with E-state index >= 15 is 0 Å². The van der Waals surface area contributed by atoms with Crippen LogP contribution in [0.1, 0.15) is 23.6 Å². The number of nitrogens with one attached hydrogen (secondary N) is 1. The van der Waals surface area contributed by atoms with E-state index in [9.17, 15) is 33.2 Å². The highest BCUT2D eigenvalue weighted by molar-refractivity contribution is 5.84. The molecule has 0 aliphatic heterocycles. The molecule has 0 saturated carbocycles. The van der Waals surface area contributed by atoms with Gasteiger partial charge in [0.15, 0.2) is 11.5 Å². The maximum atomic E-state index is 12.7. The normalized spacial score (nSPS) is 11.4. The molecular formula is C18H16F3N3O5. The van der Waals surface area contributed by atoms with Crippen LogP contribution in [0.2, 0.25) is 0 Å². The second-order valence-electron chi connectivity index (χ2n) is 5.73. The van der Waals surface area contributed by atoms with Crippen LogP contribution in [0.15, 0.2) is 41.5 Å². The smallest absolute Gasteiger partial charge is 0.416 e. The molecule has 0 radical (unpaired) electrons. The first-order chi connectivity index (χ1) is 13.6. The van der Waals surface area contributed by atoms with Crippen LogP contribution >= 0.6 is 0 Å². The van der Waals surface area contributed by atoms with Crippen molar-refractivity contribution in [1.82, 2.24) is 5.43 Å². The number of ether oxygens (including phenoxy) is 1. The second-order valence-corrected chi connectivity index (χ2v) is 5.73. The van der Waals surface area contributed by atoms with Gasteiger partial charge in [-0.25, -0.2) is 5.43 Å². The summed E-state index contributed by atoms with van der Waals surface area (Å²) in [7, 11) is 0. The Kier molecular flexibility index (Phi) is 6.75. The molecule has 0 aromatic heterocycles. The predicted octanol–water partition coefficient (Wildman–Crippen LogP) is 3.41. The van der Waals surface area contributed by atoms with Crippen LogP contribution in [0.25, 0.3) is 0 Å². The second kappa shape index (κ2) is 9.04. The summed E-state index contributed by atoms with van der Waals surface area (Å²) in [4.78, 5) is 22.0. The van der Waals surface area contributed by atoms with Crippen LogP contribution in [0.4, 0.5) is 18.9 Å². The average molecular weight is 411 g/mol. The molecule has 2 N–H and O–H groups in total. The van der Waals surface area contributed by atoms with Crippen molar-refractivity contribution in [3.8, 4) is 11.5 Å². The van der Waals surface area contributed by atoms with E-state index in [4.69, 9.17) is 4.74 Å². The minimum Gasteiger partial charge on any atom is -0.504 e. The summed E-state index contributed by atoms with van der Waals surface area (Å²) in [6.45, 7) is 2.07. The van der Waals surface area contributed by atoms with E-state index in [1.807, 2.05) is 0 Å². The van der Waals surface area contributed by atoms with Crippen molar-refractivity contribution < 1.29 is 32.7 Å². The first-order valence-corrected chi connectivity index (χ1v) is 8.24. The van der Waals surface area contributed by atoms with Crippen LogP contribution in [0.3, 0.4) is 0 Å². The summed E-state index contributed by atoms with van der Waals surface area (Å²) < 4.78 is 43.3. The number of benzene rings is 2. The van der Waals surface area contributed by atoms with Crippen molar-refractivity contribution in [2.45, 2.75) is 19.5 Å². The monoisotopic (exact) mass is 411 g/mol. The molecule has 0 unspecified atom stereocenters. The molecule has 0 saturated heterocycles. The van der Waals surface area contributed by atoms with E-state index in [1.54, 1.807) is 6.92 Å². The first kappa shape index (κ1) is 21.7. The van der Waals surface area contributed by atoms with Gasteiger partial charge in [0.25, 0.3) is 5.69 Å². The summed E-state index contributed by atoms with van der Waals surface area (Å²) in [6.07, 6.45) is -4.02. The standard InChI is InChI=1S/C18H16F3N3O5/c1-2-29-16-7-11(3-6-15(16)25)10-22-23-17(26)8-12-4-5-13(18(19,20)21)9-14(12)24(27)28/h3-7,9-10,25H,2,8H2,1H3,(H,23,26)/b22-10-. The Bertz CT molecular complexity index is 945. The largest absolute Gasteiger partial charge is 0.504 e. The van der Waals surface area contributed by atoms with Crippen LogP contribution in [-0.4, -0.2) is 28.8 Å². The van der Waals surface area contributed by atoms with Crippen LogP contribution in [-0.2, 0) is 17.4 Å². The van der Waals surface area contributed by atoms with Crippen molar-refractivity contribution in [2.75, 3.05) is 6.61 Å². The van der Waals surface area contributed by atoms with Crippen LogP contribution < -0.4 is 10.2 Å². The number of rotatable bonds is 7. The number of phenolic OH excluding ortho intramolecular Hbond substituents is 1. The van der Waals surface area contributed by atoms with E-state index in [2.05, 4.69) is 10.5 Å². The van der Waals surface area contributed by atoms with Gasteiger partial charge in [0, 0.05) is 11.6 Å². The molecule has 0 fully saturated rings. The number of aromatic hydroxyl groups is 1. The molecule has 1 amide bonds. The Balaban J connectivity index is 2.08.